The van der Waals surface area contributed by atoms with Gasteiger partial charge in [-0.25, -0.2) is 0 Å². The Morgan fingerprint density at radius 1 is 1.21 bits per heavy atom. The maximum atomic E-state index is 4.26. The first kappa shape index (κ1) is 14.2. The van der Waals surface area contributed by atoms with Crippen LogP contribution in [0.2, 0.25) is 0 Å². The van der Waals surface area contributed by atoms with Crippen molar-refractivity contribution in [1.82, 2.24) is 14.9 Å². The summed E-state index contributed by atoms with van der Waals surface area (Å²) >= 11 is 1.53. The molecule has 0 aliphatic carbocycles. The molecule has 0 aliphatic rings. The minimum atomic E-state index is 0.363. The van der Waals surface area contributed by atoms with E-state index in [-0.39, 0.29) is 0 Å². The molecule has 3 nitrogen and oxygen atoms in total. The lowest BCUT2D eigenvalue weighted by atomic mass is 10.0. The van der Waals surface area contributed by atoms with Gasteiger partial charge in [-0.3, -0.25) is 0 Å². The zero-order valence-corrected chi connectivity index (χ0v) is 12.4. The SMILES string of the molecule is CCCc1nnsc1C(CCc1ccccc1)NC. The number of aryl methyl sites for hydroxylation is 2. The summed E-state index contributed by atoms with van der Waals surface area (Å²) < 4.78 is 4.12. The van der Waals surface area contributed by atoms with Gasteiger partial charge in [0.15, 0.2) is 0 Å². The number of rotatable bonds is 7. The topological polar surface area (TPSA) is 37.8 Å². The Morgan fingerprint density at radius 2 is 2.00 bits per heavy atom. The molecule has 2 aromatic rings. The fourth-order valence-corrected chi connectivity index (χ4v) is 3.09. The summed E-state index contributed by atoms with van der Waals surface area (Å²) in [5.41, 5.74) is 2.55. The van der Waals surface area contributed by atoms with Gasteiger partial charge in [0.2, 0.25) is 0 Å². The summed E-state index contributed by atoms with van der Waals surface area (Å²) in [6, 6.07) is 11.0. The highest BCUT2D eigenvalue weighted by Gasteiger charge is 2.17. The Balaban J connectivity index is 2.01. The van der Waals surface area contributed by atoms with Gasteiger partial charge in [-0.2, -0.15) is 0 Å². The van der Waals surface area contributed by atoms with Gasteiger partial charge in [-0.1, -0.05) is 48.2 Å². The summed E-state index contributed by atoms with van der Waals surface area (Å²) in [7, 11) is 2.02. The summed E-state index contributed by atoms with van der Waals surface area (Å²) in [6.45, 7) is 2.18. The molecule has 1 heterocycles. The van der Waals surface area contributed by atoms with Crippen LogP contribution >= 0.6 is 11.5 Å². The molecule has 0 amide bonds. The van der Waals surface area contributed by atoms with Crippen LogP contribution in [0.15, 0.2) is 30.3 Å². The lowest BCUT2D eigenvalue weighted by Crippen LogP contribution is -2.17. The zero-order valence-electron chi connectivity index (χ0n) is 11.6. The van der Waals surface area contributed by atoms with E-state index in [0.717, 1.165) is 25.7 Å². The van der Waals surface area contributed by atoms with Crippen molar-refractivity contribution in [2.45, 2.75) is 38.6 Å². The molecular weight excluding hydrogens is 254 g/mol. The molecule has 1 aromatic carbocycles. The minimum absolute atomic E-state index is 0.363. The maximum absolute atomic E-state index is 4.26. The van der Waals surface area contributed by atoms with E-state index in [1.54, 1.807) is 0 Å². The van der Waals surface area contributed by atoms with E-state index in [0.29, 0.717) is 6.04 Å². The van der Waals surface area contributed by atoms with Crippen LogP contribution in [0.1, 0.15) is 41.9 Å². The lowest BCUT2D eigenvalue weighted by Gasteiger charge is -2.15. The number of hydrogen-bond donors (Lipinski definition) is 1. The third kappa shape index (κ3) is 3.85. The smallest absolute Gasteiger partial charge is 0.0803 e. The second-order valence-corrected chi connectivity index (χ2v) is 5.49. The molecular formula is C15H21N3S. The fourth-order valence-electron chi connectivity index (χ4n) is 2.25. The van der Waals surface area contributed by atoms with Crippen LogP contribution in [0.5, 0.6) is 0 Å². The minimum Gasteiger partial charge on any atom is -0.312 e. The van der Waals surface area contributed by atoms with Crippen molar-refractivity contribution in [1.29, 1.82) is 0 Å². The molecule has 0 spiro atoms. The van der Waals surface area contributed by atoms with E-state index in [1.807, 2.05) is 7.05 Å². The molecule has 1 atom stereocenters. The molecule has 4 heteroatoms. The molecule has 0 saturated heterocycles. The number of benzene rings is 1. The largest absolute Gasteiger partial charge is 0.312 e. The Hall–Kier alpha value is -1.26. The molecule has 0 aliphatic heterocycles. The van der Waals surface area contributed by atoms with Gasteiger partial charge in [-0.05, 0) is 43.4 Å². The summed E-state index contributed by atoms with van der Waals surface area (Å²) in [5, 5.41) is 7.66. The third-order valence-corrected chi connectivity index (χ3v) is 4.18. The van der Waals surface area contributed by atoms with Gasteiger partial charge in [0.05, 0.1) is 10.6 Å². The van der Waals surface area contributed by atoms with Crippen LogP contribution < -0.4 is 5.32 Å². The van der Waals surface area contributed by atoms with Crippen LogP contribution in [-0.2, 0) is 12.8 Å². The highest BCUT2D eigenvalue weighted by molar-refractivity contribution is 7.05. The summed E-state index contributed by atoms with van der Waals surface area (Å²) in [5.74, 6) is 0. The number of aromatic nitrogens is 2. The van der Waals surface area contributed by atoms with Crippen LogP contribution in [0.25, 0.3) is 0 Å². The van der Waals surface area contributed by atoms with Gasteiger partial charge < -0.3 is 5.32 Å². The molecule has 1 unspecified atom stereocenters. The van der Waals surface area contributed by atoms with Gasteiger partial charge in [0.1, 0.15) is 0 Å². The number of nitrogens with one attached hydrogen (secondary N) is 1. The fraction of sp³-hybridized carbons (Fsp3) is 0.467. The number of hydrogen-bond acceptors (Lipinski definition) is 4. The Kier molecular flexibility index (Phi) is 5.48. The third-order valence-electron chi connectivity index (χ3n) is 3.30. The second kappa shape index (κ2) is 7.36. The molecule has 19 heavy (non-hydrogen) atoms. The highest BCUT2D eigenvalue weighted by Crippen LogP contribution is 2.25. The van der Waals surface area contributed by atoms with Crippen molar-refractivity contribution in [2.24, 2.45) is 0 Å². The predicted molar refractivity (Wildman–Crippen MR) is 80.5 cm³/mol. The van der Waals surface area contributed by atoms with Crippen molar-refractivity contribution in [3.8, 4) is 0 Å². The van der Waals surface area contributed by atoms with E-state index in [9.17, 15) is 0 Å². The van der Waals surface area contributed by atoms with Gasteiger partial charge in [0, 0.05) is 6.04 Å². The lowest BCUT2D eigenvalue weighted by molar-refractivity contribution is 0.551. The first-order chi connectivity index (χ1) is 9.35. The van der Waals surface area contributed by atoms with Gasteiger partial charge in [0.25, 0.3) is 0 Å². The maximum Gasteiger partial charge on any atom is 0.0803 e. The van der Waals surface area contributed by atoms with E-state index < -0.39 is 0 Å². The van der Waals surface area contributed by atoms with Crippen molar-refractivity contribution in [3.63, 3.8) is 0 Å². The zero-order chi connectivity index (χ0) is 13.5. The molecule has 0 radical (unpaired) electrons. The monoisotopic (exact) mass is 275 g/mol. The van der Waals surface area contributed by atoms with Crippen LogP contribution in [0, 0.1) is 0 Å². The van der Waals surface area contributed by atoms with E-state index >= 15 is 0 Å². The van der Waals surface area contributed by atoms with Crippen molar-refractivity contribution in [3.05, 3.63) is 46.5 Å². The molecule has 1 N–H and O–H groups in total. The average Bonchev–Trinajstić information content (AvgIpc) is 2.90. The first-order valence-corrected chi connectivity index (χ1v) is 7.64. The van der Waals surface area contributed by atoms with E-state index in [2.05, 4.69) is 52.2 Å². The van der Waals surface area contributed by atoms with E-state index in [4.69, 9.17) is 0 Å². The second-order valence-electron chi connectivity index (χ2n) is 4.70. The summed E-state index contributed by atoms with van der Waals surface area (Å²) in [4.78, 5) is 1.31. The standard InChI is InChI=1S/C15H21N3S/c1-3-7-14-15(19-18-17-14)13(16-2)11-10-12-8-5-4-6-9-12/h4-6,8-9,13,16H,3,7,10-11H2,1-2H3. The Labute approximate surface area is 119 Å². The van der Waals surface area contributed by atoms with Crippen molar-refractivity contribution >= 4 is 11.5 Å². The Morgan fingerprint density at radius 3 is 2.68 bits per heavy atom. The van der Waals surface area contributed by atoms with E-state index in [1.165, 1.54) is 27.7 Å². The first-order valence-electron chi connectivity index (χ1n) is 6.87. The van der Waals surface area contributed by atoms with Crippen LogP contribution in [-0.4, -0.2) is 16.6 Å². The molecule has 0 fully saturated rings. The quantitative estimate of drug-likeness (QED) is 0.841. The van der Waals surface area contributed by atoms with Crippen molar-refractivity contribution in [2.75, 3.05) is 7.05 Å². The van der Waals surface area contributed by atoms with Gasteiger partial charge >= 0.3 is 0 Å². The molecule has 0 saturated carbocycles. The molecule has 1 aromatic heterocycles. The average molecular weight is 275 g/mol. The van der Waals surface area contributed by atoms with Crippen molar-refractivity contribution < 1.29 is 0 Å². The molecule has 2 rings (SSSR count). The Bertz CT molecular complexity index is 481. The predicted octanol–water partition coefficient (Wildman–Crippen LogP) is 3.38. The van der Waals surface area contributed by atoms with Crippen LogP contribution in [0.4, 0.5) is 0 Å². The van der Waals surface area contributed by atoms with Crippen LogP contribution in [0.3, 0.4) is 0 Å². The molecule has 102 valence electrons. The number of nitrogens with zero attached hydrogens (tertiary/aromatic N) is 2. The van der Waals surface area contributed by atoms with Gasteiger partial charge in [-0.15, -0.1) is 5.10 Å². The highest BCUT2D eigenvalue weighted by atomic mass is 32.1. The summed E-state index contributed by atoms with van der Waals surface area (Å²) in [6.07, 6.45) is 4.31. The molecule has 0 bridgehead atoms. The normalized spacial score (nSPS) is 12.5.